The van der Waals surface area contributed by atoms with Crippen molar-refractivity contribution in [3.63, 3.8) is 0 Å². The van der Waals surface area contributed by atoms with Crippen LogP contribution in [0.15, 0.2) is 54.7 Å². The molecule has 9 heteroatoms. The smallest absolute Gasteiger partial charge is 0.258 e. The summed E-state index contributed by atoms with van der Waals surface area (Å²) >= 11 is 5.81. The molecule has 2 amide bonds. The lowest BCUT2D eigenvalue weighted by molar-refractivity contribution is 0.102. The number of aromatic nitrogens is 1. The molecular formula is C23H21ClFN5O2. The fourth-order valence-corrected chi connectivity index (χ4v) is 2.99. The van der Waals surface area contributed by atoms with E-state index in [2.05, 4.69) is 15.6 Å². The van der Waals surface area contributed by atoms with E-state index < -0.39 is 17.6 Å². The van der Waals surface area contributed by atoms with Crippen molar-refractivity contribution in [2.45, 2.75) is 6.92 Å². The van der Waals surface area contributed by atoms with Crippen LogP contribution in [-0.4, -0.2) is 41.6 Å². The molecule has 3 rings (SSSR count). The summed E-state index contributed by atoms with van der Waals surface area (Å²) in [7, 11) is 3.34. The number of anilines is 2. The maximum Gasteiger partial charge on any atom is 0.258 e. The van der Waals surface area contributed by atoms with Crippen LogP contribution in [0.25, 0.3) is 0 Å². The van der Waals surface area contributed by atoms with Crippen molar-refractivity contribution < 1.29 is 14.0 Å². The van der Waals surface area contributed by atoms with Gasteiger partial charge in [0.25, 0.3) is 11.8 Å². The van der Waals surface area contributed by atoms with Crippen molar-refractivity contribution in [1.29, 1.82) is 5.41 Å². The number of halogens is 2. The Balaban J connectivity index is 1.84. The molecule has 0 aliphatic rings. The molecule has 2 aromatic carbocycles. The van der Waals surface area contributed by atoms with Gasteiger partial charge < -0.3 is 15.5 Å². The van der Waals surface area contributed by atoms with E-state index in [1.165, 1.54) is 23.2 Å². The molecule has 0 aliphatic carbocycles. The van der Waals surface area contributed by atoms with Gasteiger partial charge >= 0.3 is 0 Å². The van der Waals surface area contributed by atoms with Crippen LogP contribution >= 0.6 is 11.6 Å². The van der Waals surface area contributed by atoms with Gasteiger partial charge in [0.15, 0.2) is 0 Å². The summed E-state index contributed by atoms with van der Waals surface area (Å²) in [4.78, 5) is 31.1. The summed E-state index contributed by atoms with van der Waals surface area (Å²) in [6, 6.07) is 12.0. The first-order chi connectivity index (χ1) is 15.2. The number of amides is 2. The molecule has 0 spiro atoms. The molecule has 0 radical (unpaired) electrons. The highest BCUT2D eigenvalue weighted by atomic mass is 35.5. The summed E-state index contributed by atoms with van der Waals surface area (Å²) in [6.07, 6.45) is 1.40. The highest BCUT2D eigenvalue weighted by molar-refractivity contribution is 6.30. The van der Waals surface area contributed by atoms with Gasteiger partial charge in [0.05, 0.1) is 21.8 Å². The van der Waals surface area contributed by atoms with E-state index in [9.17, 15) is 14.0 Å². The Hall–Kier alpha value is -3.78. The number of carbonyl (C=O) groups is 2. The lowest BCUT2D eigenvalue weighted by Gasteiger charge is -2.15. The molecular weight excluding hydrogens is 433 g/mol. The summed E-state index contributed by atoms with van der Waals surface area (Å²) in [5.74, 6) is -1.57. The van der Waals surface area contributed by atoms with E-state index in [1.807, 2.05) is 0 Å². The van der Waals surface area contributed by atoms with Gasteiger partial charge in [0.2, 0.25) is 0 Å². The Morgan fingerprint density at radius 1 is 1.00 bits per heavy atom. The molecule has 1 heterocycles. The van der Waals surface area contributed by atoms with E-state index in [4.69, 9.17) is 17.0 Å². The summed E-state index contributed by atoms with van der Waals surface area (Å²) < 4.78 is 14.6. The molecule has 0 atom stereocenters. The third-order valence-corrected chi connectivity index (χ3v) is 4.79. The lowest BCUT2D eigenvalue weighted by atomic mass is 10.1. The van der Waals surface area contributed by atoms with E-state index >= 15 is 0 Å². The minimum atomic E-state index is -0.768. The van der Waals surface area contributed by atoms with Crippen LogP contribution < -0.4 is 10.6 Å². The molecule has 7 nitrogen and oxygen atoms in total. The highest BCUT2D eigenvalue weighted by Crippen LogP contribution is 2.21. The first-order valence-corrected chi connectivity index (χ1v) is 9.94. The third-order valence-electron chi connectivity index (χ3n) is 4.57. The monoisotopic (exact) mass is 453 g/mol. The Kier molecular flexibility index (Phi) is 6.85. The zero-order valence-corrected chi connectivity index (χ0v) is 18.4. The van der Waals surface area contributed by atoms with Gasteiger partial charge in [0.1, 0.15) is 17.5 Å². The second kappa shape index (κ2) is 9.57. The van der Waals surface area contributed by atoms with Crippen molar-refractivity contribution in [2.75, 3.05) is 24.7 Å². The van der Waals surface area contributed by atoms with Crippen molar-refractivity contribution in [1.82, 2.24) is 9.88 Å². The molecule has 0 saturated heterocycles. The van der Waals surface area contributed by atoms with E-state index in [0.29, 0.717) is 16.4 Å². The molecule has 0 fully saturated rings. The quantitative estimate of drug-likeness (QED) is 0.389. The Bertz CT molecular complexity index is 1200. The number of rotatable bonds is 5. The number of amidine groups is 1. The number of hydrogen-bond acceptors (Lipinski definition) is 4. The second-order valence-corrected chi connectivity index (χ2v) is 7.69. The highest BCUT2D eigenvalue weighted by Gasteiger charge is 2.18. The maximum atomic E-state index is 14.6. The Morgan fingerprint density at radius 3 is 2.34 bits per heavy atom. The maximum absolute atomic E-state index is 14.6. The molecule has 32 heavy (non-hydrogen) atoms. The predicted octanol–water partition coefficient (Wildman–Crippen LogP) is 4.57. The van der Waals surface area contributed by atoms with Crippen molar-refractivity contribution in [3.8, 4) is 0 Å². The van der Waals surface area contributed by atoms with E-state index in [1.54, 1.807) is 51.4 Å². The number of aryl methyl sites for hydroxylation is 1. The van der Waals surface area contributed by atoms with Crippen LogP contribution in [0.1, 0.15) is 31.8 Å². The van der Waals surface area contributed by atoms with Crippen LogP contribution in [0.2, 0.25) is 5.02 Å². The van der Waals surface area contributed by atoms with Crippen molar-refractivity contribution in [2.24, 2.45) is 0 Å². The fraction of sp³-hybridized carbons (Fsp3) is 0.130. The van der Waals surface area contributed by atoms with Gasteiger partial charge in [-0.15, -0.1) is 0 Å². The molecule has 164 valence electrons. The van der Waals surface area contributed by atoms with Gasteiger partial charge in [-0.25, -0.2) is 9.37 Å². The van der Waals surface area contributed by atoms with Crippen molar-refractivity contribution in [3.05, 3.63) is 87.8 Å². The molecule has 3 aromatic rings. The van der Waals surface area contributed by atoms with Crippen LogP contribution in [0.3, 0.4) is 0 Å². The second-order valence-electron chi connectivity index (χ2n) is 7.26. The zero-order valence-electron chi connectivity index (χ0n) is 17.7. The van der Waals surface area contributed by atoms with Gasteiger partial charge in [-0.1, -0.05) is 29.3 Å². The van der Waals surface area contributed by atoms with E-state index in [-0.39, 0.29) is 22.6 Å². The normalized spacial score (nSPS) is 10.4. The Labute approximate surface area is 189 Å². The zero-order chi connectivity index (χ0) is 23.4. The number of nitrogens with zero attached hydrogens (tertiary/aromatic N) is 2. The topological polar surface area (TPSA) is 98.2 Å². The average Bonchev–Trinajstić information content (AvgIpc) is 2.75. The molecule has 3 N–H and O–H groups in total. The molecule has 0 saturated carbocycles. The number of pyridine rings is 1. The fourth-order valence-electron chi connectivity index (χ4n) is 2.88. The largest absolute Gasteiger partial charge is 0.363 e. The summed E-state index contributed by atoms with van der Waals surface area (Å²) in [5.41, 5.74) is 1.36. The van der Waals surface area contributed by atoms with Gasteiger partial charge in [0, 0.05) is 25.9 Å². The number of nitrogens with one attached hydrogen (secondary N) is 3. The molecule has 1 aromatic heterocycles. The third kappa shape index (κ3) is 5.28. The molecule has 0 bridgehead atoms. The van der Waals surface area contributed by atoms with Crippen LogP contribution in [0, 0.1) is 18.2 Å². The van der Waals surface area contributed by atoms with Crippen LogP contribution in [0.5, 0.6) is 0 Å². The Morgan fingerprint density at radius 2 is 1.72 bits per heavy atom. The molecule has 0 aliphatic heterocycles. The van der Waals surface area contributed by atoms with Gasteiger partial charge in [-0.3, -0.25) is 15.0 Å². The van der Waals surface area contributed by atoms with Crippen molar-refractivity contribution >= 4 is 40.8 Å². The van der Waals surface area contributed by atoms with Gasteiger partial charge in [-0.05, 0) is 43.3 Å². The number of hydrogen-bond donors (Lipinski definition) is 3. The first-order valence-electron chi connectivity index (χ1n) is 9.56. The summed E-state index contributed by atoms with van der Waals surface area (Å²) in [6.45, 7) is 1.81. The SMILES string of the molecule is Cc1ccc(NC(=O)c2ccc(C(=N)N(C)C)cc2F)c(C(=O)Nc2ccc(Cl)cn2)c1. The first kappa shape index (κ1) is 22.9. The predicted molar refractivity (Wildman–Crippen MR) is 123 cm³/mol. The van der Waals surface area contributed by atoms with E-state index in [0.717, 1.165) is 11.6 Å². The summed E-state index contributed by atoms with van der Waals surface area (Å²) in [5, 5.41) is 13.6. The number of benzene rings is 2. The van der Waals surface area contributed by atoms with Gasteiger partial charge in [-0.2, -0.15) is 0 Å². The van der Waals surface area contributed by atoms with Crippen LogP contribution in [0.4, 0.5) is 15.9 Å². The number of carbonyl (C=O) groups excluding carboxylic acids is 2. The molecule has 0 unspecified atom stereocenters. The lowest BCUT2D eigenvalue weighted by Crippen LogP contribution is -2.23. The van der Waals surface area contributed by atoms with Crippen LogP contribution in [-0.2, 0) is 0 Å². The average molecular weight is 454 g/mol. The standard InChI is InChI=1S/C23H21ClFN5O2/c1-13-4-8-19(17(10-13)23(32)29-20-9-6-15(24)12-27-20)28-22(31)16-7-5-14(11-18(16)25)21(26)30(2)3/h4-12,26H,1-3H3,(H,28,31)(H,27,29,32). The minimum Gasteiger partial charge on any atom is -0.363 e. The minimum absolute atomic E-state index is 0.115.